The Kier molecular flexibility index (Phi) is 5.25. The van der Waals surface area contributed by atoms with Crippen LogP contribution in [0.15, 0.2) is 95.7 Å². The summed E-state index contributed by atoms with van der Waals surface area (Å²) >= 11 is 0. The highest BCUT2D eigenvalue weighted by molar-refractivity contribution is 6.04. The molecule has 2 aromatic carbocycles. The Morgan fingerprint density at radius 2 is 1.45 bits per heavy atom. The minimum absolute atomic E-state index is 0.196. The van der Waals surface area contributed by atoms with Gasteiger partial charge >= 0.3 is 0 Å². The molecule has 0 radical (unpaired) electrons. The van der Waals surface area contributed by atoms with E-state index >= 15 is 0 Å². The lowest BCUT2D eigenvalue weighted by Gasteiger charge is -2.11. The Hall–Kier alpha value is -4.06. The van der Waals surface area contributed by atoms with E-state index in [9.17, 15) is 9.59 Å². The first-order valence-electron chi connectivity index (χ1n) is 9.14. The van der Waals surface area contributed by atoms with Crippen molar-refractivity contribution in [3.05, 3.63) is 108 Å². The smallest absolute Gasteiger partial charge is 0.291 e. The van der Waals surface area contributed by atoms with Crippen molar-refractivity contribution in [2.75, 3.05) is 10.6 Å². The van der Waals surface area contributed by atoms with E-state index in [1.54, 1.807) is 42.5 Å². The number of rotatable bonds is 6. The van der Waals surface area contributed by atoms with Gasteiger partial charge in [0.05, 0.1) is 6.26 Å². The largest absolute Gasteiger partial charge is 0.459 e. The summed E-state index contributed by atoms with van der Waals surface area (Å²) in [6.07, 6.45) is 3.33. The zero-order valence-corrected chi connectivity index (χ0v) is 15.5. The fourth-order valence-corrected chi connectivity index (χ4v) is 2.97. The summed E-state index contributed by atoms with van der Waals surface area (Å²) < 4.78 is 6.97. The van der Waals surface area contributed by atoms with Gasteiger partial charge in [0.25, 0.3) is 11.8 Å². The van der Waals surface area contributed by atoms with Crippen LogP contribution in [0, 0.1) is 0 Å². The predicted octanol–water partition coefficient (Wildman–Crippen LogP) is 4.63. The first kappa shape index (κ1) is 18.3. The van der Waals surface area contributed by atoms with Crippen LogP contribution >= 0.6 is 0 Å². The van der Waals surface area contributed by atoms with Gasteiger partial charge in [-0.2, -0.15) is 0 Å². The third-order valence-electron chi connectivity index (χ3n) is 4.40. The molecule has 6 heteroatoms. The molecule has 2 amide bonds. The van der Waals surface area contributed by atoms with E-state index in [0.29, 0.717) is 23.6 Å². The lowest BCUT2D eigenvalue weighted by molar-refractivity contribution is 0.0993. The van der Waals surface area contributed by atoms with Crippen LogP contribution in [0.1, 0.15) is 26.6 Å². The first-order chi connectivity index (χ1) is 14.2. The molecular weight excluding hydrogens is 366 g/mol. The fourth-order valence-electron chi connectivity index (χ4n) is 2.97. The van der Waals surface area contributed by atoms with E-state index in [0.717, 1.165) is 5.56 Å². The summed E-state index contributed by atoms with van der Waals surface area (Å²) in [5, 5.41) is 5.63. The van der Waals surface area contributed by atoms with E-state index in [4.69, 9.17) is 4.42 Å². The number of nitrogens with one attached hydrogen (secondary N) is 2. The highest BCUT2D eigenvalue weighted by atomic mass is 16.3. The number of hydrogen-bond acceptors (Lipinski definition) is 3. The van der Waals surface area contributed by atoms with Gasteiger partial charge in [0.2, 0.25) is 0 Å². The summed E-state index contributed by atoms with van der Waals surface area (Å²) in [6.45, 7) is 0.619. The van der Waals surface area contributed by atoms with Gasteiger partial charge in [-0.05, 0) is 54.1 Å². The molecule has 0 aliphatic rings. The summed E-state index contributed by atoms with van der Waals surface area (Å²) in [6, 6.07) is 23.8. The van der Waals surface area contributed by atoms with Crippen molar-refractivity contribution < 1.29 is 14.0 Å². The number of hydrogen-bond donors (Lipinski definition) is 2. The SMILES string of the molecule is O=C(Nc1ccc(NC(=O)c2cccn2Cc2ccccc2)cc1)c1ccco1. The fraction of sp³-hybridized carbons (Fsp3) is 0.0435. The molecular formula is C23H19N3O3. The molecule has 2 aromatic heterocycles. The lowest BCUT2D eigenvalue weighted by Crippen LogP contribution is -2.17. The Morgan fingerprint density at radius 3 is 2.10 bits per heavy atom. The normalized spacial score (nSPS) is 10.5. The van der Waals surface area contributed by atoms with Crippen molar-refractivity contribution in [1.82, 2.24) is 4.57 Å². The molecule has 2 N–H and O–H groups in total. The molecule has 0 aliphatic heterocycles. The zero-order valence-electron chi connectivity index (χ0n) is 15.5. The van der Waals surface area contributed by atoms with Crippen molar-refractivity contribution in [2.24, 2.45) is 0 Å². The molecule has 0 bridgehead atoms. The second-order valence-corrected chi connectivity index (χ2v) is 6.47. The van der Waals surface area contributed by atoms with Crippen LogP contribution in [-0.2, 0) is 6.54 Å². The van der Waals surface area contributed by atoms with Crippen LogP contribution in [-0.4, -0.2) is 16.4 Å². The van der Waals surface area contributed by atoms with Gasteiger partial charge in [-0.15, -0.1) is 0 Å². The topological polar surface area (TPSA) is 76.3 Å². The molecule has 4 rings (SSSR count). The third-order valence-corrected chi connectivity index (χ3v) is 4.40. The molecule has 29 heavy (non-hydrogen) atoms. The van der Waals surface area contributed by atoms with Gasteiger partial charge < -0.3 is 19.6 Å². The van der Waals surface area contributed by atoms with Crippen molar-refractivity contribution in [1.29, 1.82) is 0 Å². The van der Waals surface area contributed by atoms with Crippen LogP contribution < -0.4 is 10.6 Å². The average Bonchev–Trinajstić information content (AvgIpc) is 3.42. The zero-order chi connectivity index (χ0) is 20.1. The van der Waals surface area contributed by atoms with Gasteiger partial charge in [0.1, 0.15) is 5.69 Å². The molecule has 0 unspecified atom stereocenters. The maximum Gasteiger partial charge on any atom is 0.291 e. The number of furan rings is 1. The van der Waals surface area contributed by atoms with Crippen LogP contribution in [0.3, 0.4) is 0 Å². The minimum Gasteiger partial charge on any atom is -0.459 e. The van der Waals surface area contributed by atoms with Gasteiger partial charge in [0.15, 0.2) is 5.76 Å². The summed E-state index contributed by atoms with van der Waals surface area (Å²) in [5.41, 5.74) is 2.94. The average molecular weight is 385 g/mol. The first-order valence-corrected chi connectivity index (χ1v) is 9.14. The Morgan fingerprint density at radius 1 is 0.759 bits per heavy atom. The Bertz CT molecular complexity index is 1100. The number of aromatic nitrogens is 1. The number of carbonyl (C=O) groups excluding carboxylic acids is 2. The van der Waals surface area contributed by atoms with Crippen molar-refractivity contribution >= 4 is 23.2 Å². The number of benzene rings is 2. The second-order valence-electron chi connectivity index (χ2n) is 6.47. The number of anilines is 2. The maximum atomic E-state index is 12.7. The van der Waals surface area contributed by atoms with Gasteiger partial charge in [-0.25, -0.2) is 0 Å². The van der Waals surface area contributed by atoms with Crippen molar-refractivity contribution in [2.45, 2.75) is 6.54 Å². The third kappa shape index (κ3) is 4.44. The predicted molar refractivity (Wildman–Crippen MR) is 111 cm³/mol. The molecule has 0 aliphatic carbocycles. The van der Waals surface area contributed by atoms with E-state index in [2.05, 4.69) is 10.6 Å². The molecule has 144 valence electrons. The Labute approximate surface area is 167 Å². The van der Waals surface area contributed by atoms with E-state index < -0.39 is 0 Å². The molecule has 2 heterocycles. The molecule has 6 nitrogen and oxygen atoms in total. The number of nitrogens with zero attached hydrogens (tertiary/aromatic N) is 1. The standard InChI is InChI=1S/C23H19N3O3/c27-22(20-8-4-14-26(20)16-17-6-2-1-3-7-17)24-18-10-12-19(13-11-18)25-23(28)21-9-5-15-29-21/h1-15H,16H2,(H,24,27)(H,25,28). The lowest BCUT2D eigenvalue weighted by atomic mass is 10.2. The van der Waals surface area contributed by atoms with Crippen molar-refractivity contribution in [3.63, 3.8) is 0 Å². The molecule has 0 fully saturated rings. The molecule has 0 saturated heterocycles. The van der Waals surface area contributed by atoms with Crippen LogP contribution in [0.5, 0.6) is 0 Å². The van der Waals surface area contributed by atoms with Crippen LogP contribution in [0.2, 0.25) is 0 Å². The molecule has 0 atom stereocenters. The van der Waals surface area contributed by atoms with Crippen molar-refractivity contribution in [3.8, 4) is 0 Å². The second kappa shape index (κ2) is 8.31. The molecule has 0 spiro atoms. The van der Waals surface area contributed by atoms with Gasteiger partial charge in [-0.1, -0.05) is 30.3 Å². The van der Waals surface area contributed by atoms with Crippen LogP contribution in [0.4, 0.5) is 11.4 Å². The highest BCUT2D eigenvalue weighted by Gasteiger charge is 2.12. The van der Waals surface area contributed by atoms with E-state index in [-0.39, 0.29) is 17.6 Å². The summed E-state index contributed by atoms with van der Waals surface area (Å²) in [7, 11) is 0. The minimum atomic E-state index is -0.328. The quantitative estimate of drug-likeness (QED) is 0.508. The van der Waals surface area contributed by atoms with E-state index in [1.165, 1.54) is 6.26 Å². The van der Waals surface area contributed by atoms with Gasteiger partial charge in [0, 0.05) is 24.1 Å². The molecule has 0 saturated carbocycles. The highest BCUT2D eigenvalue weighted by Crippen LogP contribution is 2.16. The summed E-state index contributed by atoms with van der Waals surface area (Å²) in [5.74, 6) is -0.287. The van der Waals surface area contributed by atoms with E-state index in [1.807, 2.05) is 47.2 Å². The monoisotopic (exact) mass is 385 g/mol. The molecule has 4 aromatic rings. The number of carbonyl (C=O) groups is 2. The summed E-state index contributed by atoms with van der Waals surface area (Å²) in [4.78, 5) is 24.7. The Balaban J connectivity index is 1.40. The van der Waals surface area contributed by atoms with Crippen LogP contribution in [0.25, 0.3) is 0 Å². The van der Waals surface area contributed by atoms with Gasteiger partial charge in [-0.3, -0.25) is 9.59 Å². The maximum absolute atomic E-state index is 12.7. The number of amides is 2.